The summed E-state index contributed by atoms with van der Waals surface area (Å²) in [5.74, 6) is 0.879. The number of benzene rings is 1. The summed E-state index contributed by atoms with van der Waals surface area (Å²) in [5, 5.41) is 3.32. The quantitative estimate of drug-likeness (QED) is 0.779. The molecular weight excluding hydrogens is 200 g/mol. The number of oxazole rings is 1. The van der Waals surface area contributed by atoms with E-state index in [4.69, 9.17) is 4.42 Å². The van der Waals surface area contributed by atoms with Gasteiger partial charge in [-0.15, -0.1) is 0 Å². The van der Waals surface area contributed by atoms with Crippen LogP contribution in [0.1, 0.15) is 16.9 Å². The first-order valence-electron chi connectivity index (χ1n) is 5.48. The molecule has 3 heteroatoms. The summed E-state index contributed by atoms with van der Waals surface area (Å²) in [7, 11) is 0. The Morgan fingerprint density at radius 2 is 2.31 bits per heavy atom. The summed E-state index contributed by atoms with van der Waals surface area (Å²) in [5.41, 5.74) is 2.68. The van der Waals surface area contributed by atoms with Crippen LogP contribution in [0.2, 0.25) is 0 Å². The molecule has 1 aromatic heterocycles. The van der Waals surface area contributed by atoms with Crippen molar-refractivity contribution in [3.05, 3.63) is 53.7 Å². The highest BCUT2D eigenvalue weighted by molar-refractivity contribution is 5.22. The van der Waals surface area contributed by atoms with E-state index in [0.29, 0.717) is 0 Å². The third kappa shape index (κ3) is 3.21. The number of hydrogen-bond acceptors (Lipinski definition) is 3. The van der Waals surface area contributed by atoms with Crippen molar-refractivity contribution >= 4 is 0 Å². The van der Waals surface area contributed by atoms with Crippen molar-refractivity contribution < 1.29 is 4.42 Å². The largest absolute Gasteiger partial charge is 0.447 e. The minimum atomic E-state index is 0.742. The molecule has 0 bridgehead atoms. The predicted molar refractivity (Wildman–Crippen MR) is 63.1 cm³/mol. The maximum absolute atomic E-state index is 5.13. The van der Waals surface area contributed by atoms with Crippen molar-refractivity contribution in [3.8, 4) is 0 Å². The molecule has 0 radical (unpaired) electrons. The predicted octanol–water partition coefficient (Wildman–Crippen LogP) is 2.32. The Kier molecular flexibility index (Phi) is 3.72. The van der Waals surface area contributed by atoms with Crippen molar-refractivity contribution in [3.63, 3.8) is 0 Å². The third-order valence-corrected chi connectivity index (χ3v) is 2.46. The van der Waals surface area contributed by atoms with E-state index in [2.05, 4.69) is 41.5 Å². The minimum Gasteiger partial charge on any atom is -0.447 e. The lowest BCUT2D eigenvalue weighted by atomic mass is 10.1. The molecule has 0 aliphatic heterocycles. The smallest absolute Gasteiger partial charge is 0.180 e. The molecule has 0 spiro atoms. The van der Waals surface area contributed by atoms with Gasteiger partial charge in [-0.25, -0.2) is 4.98 Å². The second-order valence-corrected chi connectivity index (χ2v) is 3.88. The SMILES string of the molecule is Cc1cccc(CCNCc2cnco2)c1. The summed E-state index contributed by atoms with van der Waals surface area (Å²) < 4.78 is 5.13. The van der Waals surface area contributed by atoms with E-state index in [-0.39, 0.29) is 0 Å². The van der Waals surface area contributed by atoms with E-state index in [1.165, 1.54) is 17.5 Å². The van der Waals surface area contributed by atoms with Crippen LogP contribution in [-0.4, -0.2) is 11.5 Å². The van der Waals surface area contributed by atoms with Crippen LogP contribution < -0.4 is 5.32 Å². The highest BCUT2D eigenvalue weighted by Gasteiger charge is 1.96. The zero-order valence-corrected chi connectivity index (χ0v) is 9.44. The number of rotatable bonds is 5. The molecule has 1 heterocycles. The van der Waals surface area contributed by atoms with E-state index in [9.17, 15) is 0 Å². The van der Waals surface area contributed by atoms with E-state index in [0.717, 1.165) is 25.3 Å². The number of aromatic nitrogens is 1. The Balaban J connectivity index is 1.72. The number of nitrogens with zero attached hydrogens (tertiary/aromatic N) is 1. The second-order valence-electron chi connectivity index (χ2n) is 3.88. The molecular formula is C13H16N2O. The van der Waals surface area contributed by atoms with Gasteiger partial charge < -0.3 is 9.73 Å². The summed E-state index contributed by atoms with van der Waals surface area (Å²) in [6.45, 7) is 3.81. The van der Waals surface area contributed by atoms with Gasteiger partial charge in [0.25, 0.3) is 0 Å². The Morgan fingerprint density at radius 3 is 3.06 bits per heavy atom. The second kappa shape index (κ2) is 5.47. The zero-order chi connectivity index (χ0) is 11.2. The van der Waals surface area contributed by atoms with Gasteiger partial charge in [-0.05, 0) is 25.5 Å². The topological polar surface area (TPSA) is 38.1 Å². The molecule has 0 saturated heterocycles. The van der Waals surface area contributed by atoms with Gasteiger partial charge in [-0.2, -0.15) is 0 Å². The molecule has 0 saturated carbocycles. The molecule has 1 N–H and O–H groups in total. The highest BCUT2D eigenvalue weighted by Crippen LogP contribution is 2.04. The van der Waals surface area contributed by atoms with Gasteiger partial charge in [-0.1, -0.05) is 29.8 Å². The molecule has 0 aliphatic rings. The standard InChI is InChI=1S/C13H16N2O/c1-11-3-2-4-12(7-11)5-6-14-8-13-9-15-10-16-13/h2-4,7,9-10,14H,5-6,8H2,1H3. The third-order valence-electron chi connectivity index (χ3n) is 2.46. The molecule has 2 rings (SSSR count). The van der Waals surface area contributed by atoms with Gasteiger partial charge in [0.1, 0.15) is 5.76 Å². The molecule has 0 unspecified atom stereocenters. The normalized spacial score (nSPS) is 10.6. The lowest BCUT2D eigenvalue weighted by Crippen LogP contribution is -2.16. The van der Waals surface area contributed by atoms with Crippen LogP contribution in [0.3, 0.4) is 0 Å². The van der Waals surface area contributed by atoms with Crippen LogP contribution in [0.25, 0.3) is 0 Å². The van der Waals surface area contributed by atoms with Crippen molar-refractivity contribution in [1.82, 2.24) is 10.3 Å². The van der Waals surface area contributed by atoms with Crippen LogP contribution >= 0.6 is 0 Å². The number of hydrogen-bond donors (Lipinski definition) is 1. The van der Waals surface area contributed by atoms with Crippen LogP contribution in [0.15, 0.2) is 41.3 Å². The Morgan fingerprint density at radius 1 is 1.38 bits per heavy atom. The molecule has 0 atom stereocenters. The fraction of sp³-hybridized carbons (Fsp3) is 0.308. The summed E-state index contributed by atoms with van der Waals surface area (Å²) in [6, 6.07) is 8.59. The first-order valence-corrected chi connectivity index (χ1v) is 5.48. The lowest BCUT2D eigenvalue weighted by Gasteiger charge is -2.03. The molecule has 0 amide bonds. The zero-order valence-electron chi connectivity index (χ0n) is 9.44. The van der Waals surface area contributed by atoms with Crippen LogP contribution in [0.5, 0.6) is 0 Å². The average molecular weight is 216 g/mol. The number of aryl methyl sites for hydroxylation is 1. The van der Waals surface area contributed by atoms with E-state index in [1.54, 1.807) is 6.20 Å². The molecule has 0 fully saturated rings. The Hall–Kier alpha value is -1.61. The van der Waals surface area contributed by atoms with Gasteiger partial charge >= 0.3 is 0 Å². The van der Waals surface area contributed by atoms with E-state index >= 15 is 0 Å². The van der Waals surface area contributed by atoms with Crippen molar-refractivity contribution in [2.45, 2.75) is 19.9 Å². The Bertz CT molecular complexity index is 423. The Labute approximate surface area is 95.5 Å². The molecule has 1 aromatic carbocycles. The van der Waals surface area contributed by atoms with Gasteiger partial charge in [0, 0.05) is 0 Å². The van der Waals surface area contributed by atoms with Gasteiger partial charge in [0.2, 0.25) is 0 Å². The average Bonchev–Trinajstić information content (AvgIpc) is 2.77. The van der Waals surface area contributed by atoms with E-state index in [1.807, 2.05) is 0 Å². The molecule has 2 aromatic rings. The minimum absolute atomic E-state index is 0.742. The molecule has 16 heavy (non-hydrogen) atoms. The van der Waals surface area contributed by atoms with Crippen molar-refractivity contribution in [2.75, 3.05) is 6.54 Å². The molecule has 84 valence electrons. The van der Waals surface area contributed by atoms with Gasteiger partial charge in [0.15, 0.2) is 6.39 Å². The van der Waals surface area contributed by atoms with Gasteiger partial charge in [0.05, 0.1) is 12.7 Å². The monoisotopic (exact) mass is 216 g/mol. The first kappa shape index (κ1) is 10.9. The lowest BCUT2D eigenvalue weighted by molar-refractivity contribution is 0.480. The van der Waals surface area contributed by atoms with Gasteiger partial charge in [-0.3, -0.25) is 0 Å². The highest BCUT2D eigenvalue weighted by atomic mass is 16.3. The fourth-order valence-electron chi connectivity index (χ4n) is 1.64. The summed E-state index contributed by atoms with van der Waals surface area (Å²) in [6.07, 6.45) is 4.23. The fourth-order valence-corrected chi connectivity index (χ4v) is 1.64. The van der Waals surface area contributed by atoms with E-state index < -0.39 is 0 Å². The summed E-state index contributed by atoms with van der Waals surface area (Å²) >= 11 is 0. The van der Waals surface area contributed by atoms with Crippen LogP contribution in [-0.2, 0) is 13.0 Å². The van der Waals surface area contributed by atoms with Crippen molar-refractivity contribution in [1.29, 1.82) is 0 Å². The molecule has 0 aliphatic carbocycles. The van der Waals surface area contributed by atoms with Crippen LogP contribution in [0.4, 0.5) is 0 Å². The van der Waals surface area contributed by atoms with Crippen LogP contribution in [0, 0.1) is 6.92 Å². The summed E-state index contributed by atoms with van der Waals surface area (Å²) in [4.78, 5) is 3.86. The maximum Gasteiger partial charge on any atom is 0.180 e. The van der Waals surface area contributed by atoms with Crippen molar-refractivity contribution in [2.24, 2.45) is 0 Å². The number of nitrogens with one attached hydrogen (secondary N) is 1. The maximum atomic E-state index is 5.13. The molecule has 3 nitrogen and oxygen atoms in total. The first-order chi connectivity index (χ1) is 7.84.